The summed E-state index contributed by atoms with van der Waals surface area (Å²) in [6.07, 6.45) is 4.86. The Kier molecular flexibility index (Phi) is 7.82. The minimum atomic E-state index is 0. The zero-order chi connectivity index (χ0) is 16.3. The van der Waals surface area contributed by atoms with E-state index in [4.69, 9.17) is 10.5 Å². The van der Waals surface area contributed by atoms with E-state index in [-0.39, 0.29) is 36.4 Å². The molecule has 0 aromatic heterocycles. The minimum absolute atomic E-state index is 0. The smallest absolute Gasteiger partial charge is 0.248 e. The second-order valence-electron chi connectivity index (χ2n) is 8.26. The number of likely N-dealkylation sites (tertiary alicyclic amines) is 1. The van der Waals surface area contributed by atoms with E-state index in [1.807, 2.05) is 4.90 Å². The number of nitrogens with two attached hydrogens (primary N) is 1. The van der Waals surface area contributed by atoms with Gasteiger partial charge in [0.15, 0.2) is 0 Å². The van der Waals surface area contributed by atoms with E-state index >= 15 is 0 Å². The maximum Gasteiger partial charge on any atom is 0.248 e. The highest BCUT2D eigenvalue weighted by molar-refractivity contribution is 5.85. The van der Waals surface area contributed by atoms with Crippen molar-refractivity contribution in [2.45, 2.75) is 59.5 Å². The summed E-state index contributed by atoms with van der Waals surface area (Å²) < 4.78 is 6.08. The molecule has 0 bridgehead atoms. The van der Waals surface area contributed by atoms with Crippen LogP contribution in [0, 0.1) is 23.2 Å². The summed E-state index contributed by atoms with van der Waals surface area (Å²) >= 11 is 0. The molecule has 4 nitrogen and oxygen atoms in total. The van der Waals surface area contributed by atoms with E-state index in [1.165, 1.54) is 12.8 Å². The summed E-state index contributed by atoms with van der Waals surface area (Å²) in [6, 6.07) is 0. The average Bonchev–Trinajstić information content (AvgIpc) is 2.88. The van der Waals surface area contributed by atoms with Crippen molar-refractivity contribution in [1.82, 2.24) is 4.90 Å². The molecule has 0 radical (unpaired) electrons. The molecule has 4 unspecified atom stereocenters. The van der Waals surface area contributed by atoms with Gasteiger partial charge < -0.3 is 15.4 Å². The maximum absolute atomic E-state index is 12.4. The Morgan fingerprint density at radius 1 is 1.39 bits per heavy atom. The van der Waals surface area contributed by atoms with Crippen molar-refractivity contribution in [2.75, 3.05) is 26.2 Å². The van der Waals surface area contributed by atoms with Crippen LogP contribution in [0.3, 0.4) is 0 Å². The molecule has 1 aliphatic carbocycles. The van der Waals surface area contributed by atoms with E-state index in [2.05, 4.69) is 27.7 Å². The van der Waals surface area contributed by atoms with E-state index in [9.17, 15) is 4.79 Å². The van der Waals surface area contributed by atoms with Gasteiger partial charge in [-0.05, 0) is 49.0 Å². The van der Waals surface area contributed by atoms with Gasteiger partial charge in [0.05, 0.1) is 6.10 Å². The minimum Gasteiger partial charge on any atom is -0.368 e. The number of carbonyl (C=O) groups is 1. The number of halogens is 1. The average molecular weight is 347 g/mol. The van der Waals surface area contributed by atoms with Gasteiger partial charge in [0.1, 0.15) is 6.61 Å². The third kappa shape index (κ3) is 5.33. The van der Waals surface area contributed by atoms with Crippen LogP contribution < -0.4 is 5.73 Å². The molecule has 1 heterocycles. The van der Waals surface area contributed by atoms with Crippen molar-refractivity contribution in [3.63, 3.8) is 0 Å². The van der Waals surface area contributed by atoms with Crippen LogP contribution in [0.15, 0.2) is 0 Å². The molecule has 5 heteroatoms. The molecule has 2 rings (SSSR count). The molecule has 1 aliphatic heterocycles. The van der Waals surface area contributed by atoms with Crippen LogP contribution >= 0.6 is 12.4 Å². The molecule has 0 aromatic rings. The number of nitrogens with zero attached hydrogens (tertiary/aromatic N) is 1. The number of hydrogen-bond donors (Lipinski definition) is 1. The summed E-state index contributed by atoms with van der Waals surface area (Å²) in [4.78, 5) is 14.3. The van der Waals surface area contributed by atoms with Crippen molar-refractivity contribution in [2.24, 2.45) is 28.9 Å². The van der Waals surface area contributed by atoms with Crippen molar-refractivity contribution in [1.29, 1.82) is 0 Å². The Hall–Kier alpha value is -0.320. The first-order valence-corrected chi connectivity index (χ1v) is 8.94. The summed E-state index contributed by atoms with van der Waals surface area (Å²) in [6.45, 7) is 11.5. The van der Waals surface area contributed by atoms with Gasteiger partial charge in [0, 0.05) is 13.1 Å². The Morgan fingerprint density at radius 2 is 2.09 bits per heavy atom. The van der Waals surface area contributed by atoms with Crippen molar-refractivity contribution in [3.05, 3.63) is 0 Å². The van der Waals surface area contributed by atoms with Gasteiger partial charge in [-0.2, -0.15) is 0 Å². The van der Waals surface area contributed by atoms with Crippen molar-refractivity contribution < 1.29 is 9.53 Å². The third-order valence-electron chi connectivity index (χ3n) is 5.79. The number of carbonyl (C=O) groups excluding carboxylic acids is 1. The predicted molar refractivity (Wildman–Crippen MR) is 96.7 cm³/mol. The first-order chi connectivity index (χ1) is 10.3. The molecule has 2 fully saturated rings. The highest BCUT2D eigenvalue weighted by atomic mass is 35.5. The molecule has 136 valence electrons. The molecule has 2 N–H and O–H groups in total. The molecule has 2 aliphatic rings. The van der Waals surface area contributed by atoms with Gasteiger partial charge >= 0.3 is 0 Å². The summed E-state index contributed by atoms with van der Waals surface area (Å²) in [5.74, 6) is 2.07. The predicted octanol–water partition coefficient (Wildman–Crippen LogP) is 3.08. The second-order valence-corrected chi connectivity index (χ2v) is 8.26. The number of amides is 1. The molecule has 23 heavy (non-hydrogen) atoms. The first-order valence-electron chi connectivity index (χ1n) is 8.94. The summed E-state index contributed by atoms with van der Waals surface area (Å²) in [5, 5.41) is 0. The molecular formula is C18H35ClN2O2. The summed E-state index contributed by atoms with van der Waals surface area (Å²) in [5.41, 5.74) is 5.91. The molecule has 1 saturated carbocycles. The summed E-state index contributed by atoms with van der Waals surface area (Å²) in [7, 11) is 0. The van der Waals surface area contributed by atoms with Crippen LogP contribution in [0.25, 0.3) is 0 Å². The lowest BCUT2D eigenvalue weighted by molar-refractivity contribution is -0.141. The lowest BCUT2D eigenvalue weighted by Crippen LogP contribution is -2.40. The maximum atomic E-state index is 12.4. The Balaban J connectivity index is 0.00000264. The van der Waals surface area contributed by atoms with Gasteiger partial charge in [0.2, 0.25) is 5.91 Å². The van der Waals surface area contributed by atoms with Gasteiger partial charge in [-0.3, -0.25) is 4.79 Å². The first kappa shape index (κ1) is 20.7. The Labute approximate surface area is 147 Å². The normalized spacial score (nSPS) is 34.5. The van der Waals surface area contributed by atoms with E-state index in [0.29, 0.717) is 24.3 Å². The molecule has 0 spiro atoms. The fourth-order valence-electron chi connectivity index (χ4n) is 3.98. The van der Waals surface area contributed by atoms with E-state index in [1.54, 1.807) is 0 Å². The van der Waals surface area contributed by atoms with E-state index in [0.717, 1.165) is 25.9 Å². The standard InChI is InChI=1S/C18H34N2O2.ClH/c1-13(2)15-6-5-14(3)9-16(15)22-10-17(21)20-8-7-18(4,11-19)12-20;/h13-16H,5-12,19H2,1-4H3;1H. The number of ether oxygens (including phenoxy) is 1. The third-order valence-corrected chi connectivity index (χ3v) is 5.79. The van der Waals surface area contributed by atoms with Crippen LogP contribution in [-0.4, -0.2) is 43.2 Å². The van der Waals surface area contributed by atoms with Crippen LogP contribution in [0.5, 0.6) is 0 Å². The Bertz CT molecular complexity index is 391. The molecule has 0 aromatic carbocycles. The van der Waals surface area contributed by atoms with E-state index < -0.39 is 0 Å². The van der Waals surface area contributed by atoms with Crippen LogP contribution in [-0.2, 0) is 9.53 Å². The monoisotopic (exact) mass is 346 g/mol. The molecule has 1 saturated heterocycles. The molecule has 4 atom stereocenters. The zero-order valence-corrected chi connectivity index (χ0v) is 16.0. The lowest BCUT2D eigenvalue weighted by atomic mass is 9.75. The molecule has 1 amide bonds. The van der Waals surface area contributed by atoms with Crippen LogP contribution in [0.4, 0.5) is 0 Å². The van der Waals surface area contributed by atoms with Crippen LogP contribution in [0.2, 0.25) is 0 Å². The largest absolute Gasteiger partial charge is 0.368 e. The zero-order valence-electron chi connectivity index (χ0n) is 15.2. The van der Waals surface area contributed by atoms with Gasteiger partial charge in [-0.1, -0.05) is 34.1 Å². The topological polar surface area (TPSA) is 55.6 Å². The fraction of sp³-hybridized carbons (Fsp3) is 0.944. The highest BCUT2D eigenvalue weighted by Crippen LogP contribution is 2.35. The highest BCUT2D eigenvalue weighted by Gasteiger charge is 2.36. The van der Waals surface area contributed by atoms with Crippen molar-refractivity contribution in [3.8, 4) is 0 Å². The number of hydrogen-bond acceptors (Lipinski definition) is 3. The fourth-order valence-corrected chi connectivity index (χ4v) is 3.98. The molecular weight excluding hydrogens is 312 g/mol. The quantitative estimate of drug-likeness (QED) is 0.832. The number of rotatable bonds is 5. The van der Waals surface area contributed by atoms with Gasteiger partial charge in [-0.25, -0.2) is 0 Å². The second kappa shape index (κ2) is 8.68. The Morgan fingerprint density at radius 3 is 2.65 bits per heavy atom. The van der Waals surface area contributed by atoms with Gasteiger partial charge in [-0.15, -0.1) is 12.4 Å². The van der Waals surface area contributed by atoms with Crippen molar-refractivity contribution >= 4 is 18.3 Å². The SMILES string of the molecule is CC1CCC(C(C)C)C(OCC(=O)N2CCC(C)(CN)C2)C1.Cl. The lowest BCUT2D eigenvalue weighted by Gasteiger charge is -2.37. The van der Waals surface area contributed by atoms with Crippen LogP contribution in [0.1, 0.15) is 53.4 Å². The van der Waals surface area contributed by atoms with Gasteiger partial charge in [0.25, 0.3) is 0 Å².